The fraction of sp³-hybridized carbons (Fsp3) is 0.296. The molecule has 0 bridgehead atoms. The van der Waals surface area contributed by atoms with Crippen molar-refractivity contribution in [2.75, 3.05) is 16.3 Å². The lowest BCUT2D eigenvalue weighted by Crippen LogP contribution is -2.40. The van der Waals surface area contributed by atoms with Crippen molar-refractivity contribution < 1.29 is 14.4 Å². The summed E-state index contributed by atoms with van der Waals surface area (Å²) in [5.74, 6) is -0.465. The van der Waals surface area contributed by atoms with Gasteiger partial charge in [-0.15, -0.1) is 0 Å². The molecule has 0 spiro atoms. The second kappa shape index (κ2) is 8.95. The Morgan fingerprint density at radius 2 is 1.59 bits per heavy atom. The number of fused-ring (bicyclic) bond motifs is 1. The summed E-state index contributed by atoms with van der Waals surface area (Å²) < 4.78 is 0. The number of carbonyl (C=O) groups is 3. The summed E-state index contributed by atoms with van der Waals surface area (Å²) in [5.41, 5.74) is 3.30. The molecule has 5 heteroatoms. The number of ketones is 1. The van der Waals surface area contributed by atoms with E-state index in [2.05, 4.69) is 0 Å². The summed E-state index contributed by atoms with van der Waals surface area (Å²) in [5, 5.41) is 0. The highest BCUT2D eigenvalue weighted by Gasteiger charge is 2.35. The van der Waals surface area contributed by atoms with E-state index in [-0.39, 0.29) is 23.3 Å². The molecule has 0 atom stereocenters. The number of nitrogens with zero attached hydrogens (tertiary/aromatic N) is 2. The maximum absolute atomic E-state index is 13.3. The lowest BCUT2D eigenvalue weighted by Gasteiger charge is -2.30. The number of benzene rings is 2. The molecule has 0 aliphatic carbocycles. The summed E-state index contributed by atoms with van der Waals surface area (Å²) in [7, 11) is 0. The second-order valence-corrected chi connectivity index (χ2v) is 9.24. The zero-order valence-corrected chi connectivity index (χ0v) is 19.6. The van der Waals surface area contributed by atoms with Gasteiger partial charge in [0.15, 0.2) is 0 Å². The maximum atomic E-state index is 13.3. The molecule has 0 fully saturated rings. The van der Waals surface area contributed by atoms with E-state index < -0.39 is 5.41 Å². The van der Waals surface area contributed by atoms with Gasteiger partial charge < -0.3 is 4.90 Å². The van der Waals surface area contributed by atoms with Crippen LogP contribution in [0.15, 0.2) is 65.9 Å². The summed E-state index contributed by atoms with van der Waals surface area (Å²) in [4.78, 5) is 42.1. The van der Waals surface area contributed by atoms with Crippen LogP contribution in [0.3, 0.4) is 0 Å². The predicted octanol–water partition coefficient (Wildman–Crippen LogP) is 5.62. The van der Waals surface area contributed by atoms with Gasteiger partial charge in [0.05, 0.1) is 17.1 Å². The van der Waals surface area contributed by atoms with E-state index in [4.69, 9.17) is 0 Å². The number of rotatable bonds is 4. The minimum atomic E-state index is -0.583. The van der Waals surface area contributed by atoms with Gasteiger partial charge in [-0.25, -0.2) is 0 Å². The van der Waals surface area contributed by atoms with Gasteiger partial charge in [-0.05, 0) is 38.1 Å². The normalized spacial score (nSPS) is 14.4. The van der Waals surface area contributed by atoms with Gasteiger partial charge in [-0.2, -0.15) is 0 Å². The smallest absolute Gasteiger partial charge is 0.232 e. The summed E-state index contributed by atoms with van der Waals surface area (Å²) in [6.45, 7) is 11.5. The Kier molecular flexibility index (Phi) is 6.49. The Balaban J connectivity index is 2.16. The number of anilines is 2. The highest BCUT2D eigenvalue weighted by molar-refractivity contribution is 6.27. The van der Waals surface area contributed by atoms with Crippen molar-refractivity contribution in [3.05, 3.63) is 77.0 Å². The molecule has 0 N–H and O–H groups in total. The predicted molar refractivity (Wildman–Crippen MR) is 130 cm³/mol. The van der Waals surface area contributed by atoms with Crippen LogP contribution in [-0.2, 0) is 9.59 Å². The van der Waals surface area contributed by atoms with E-state index in [0.29, 0.717) is 29.0 Å². The molecule has 1 aliphatic heterocycles. The number of hydrogen-bond acceptors (Lipinski definition) is 3. The number of hydrogen-bond donors (Lipinski definition) is 0. The van der Waals surface area contributed by atoms with Crippen LogP contribution in [0.1, 0.15) is 57.5 Å². The van der Waals surface area contributed by atoms with Crippen LogP contribution >= 0.6 is 0 Å². The standard InChI is InChI=1S/C27H30N2O3/c1-18(2)15-16-28(26(32)27(4,5)6)22-13-9-7-11-20(22)17-24-25(31)21-12-8-10-14-23(21)29(24)19(3)30/h7-15,17H,16H2,1-6H3/b24-17-. The molecule has 0 radical (unpaired) electrons. The average molecular weight is 431 g/mol. The molecule has 2 amide bonds. The first kappa shape index (κ1) is 23.2. The molecule has 0 aromatic heterocycles. The summed E-state index contributed by atoms with van der Waals surface area (Å²) in [6.07, 6.45) is 3.72. The molecule has 1 heterocycles. The Morgan fingerprint density at radius 1 is 0.969 bits per heavy atom. The average Bonchev–Trinajstić information content (AvgIpc) is 3.00. The summed E-state index contributed by atoms with van der Waals surface area (Å²) >= 11 is 0. The number of amides is 2. The fourth-order valence-corrected chi connectivity index (χ4v) is 3.67. The molecule has 3 rings (SSSR count). The van der Waals surface area contributed by atoms with Gasteiger partial charge in [-0.3, -0.25) is 19.3 Å². The van der Waals surface area contributed by atoms with Gasteiger partial charge in [0.25, 0.3) is 0 Å². The first-order chi connectivity index (χ1) is 15.0. The van der Waals surface area contributed by atoms with E-state index >= 15 is 0 Å². The SMILES string of the molecule is CC(=O)N1/C(=C\c2ccccc2N(CC=C(C)C)C(=O)C(C)(C)C)C(=O)c2ccccc21. The van der Waals surface area contributed by atoms with E-state index in [1.165, 1.54) is 11.8 Å². The maximum Gasteiger partial charge on any atom is 0.232 e. The van der Waals surface area contributed by atoms with E-state index in [1.807, 2.05) is 71.0 Å². The van der Waals surface area contributed by atoms with E-state index in [9.17, 15) is 14.4 Å². The number of para-hydroxylation sites is 2. The second-order valence-electron chi connectivity index (χ2n) is 9.24. The van der Waals surface area contributed by atoms with Crippen molar-refractivity contribution in [2.45, 2.75) is 41.5 Å². The molecule has 2 aromatic carbocycles. The molecule has 166 valence electrons. The monoisotopic (exact) mass is 430 g/mol. The Bertz CT molecular complexity index is 1130. The van der Waals surface area contributed by atoms with Crippen LogP contribution in [0.5, 0.6) is 0 Å². The van der Waals surface area contributed by atoms with Crippen molar-refractivity contribution in [1.82, 2.24) is 0 Å². The van der Waals surface area contributed by atoms with Crippen LogP contribution in [0, 0.1) is 5.41 Å². The van der Waals surface area contributed by atoms with E-state index in [0.717, 1.165) is 5.57 Å². The Hall–Kier alpha value is -3.47. The Labute approximate surface area is 190 Å². The molecular weight excluding hydrogens is 400 g/mol. The number of Topliss-reactive ketones (excluding diaryl/α,β-unsaturated/α-hetero) is 1. The van der Waals surface area contributed by atoms with Gasteiger partial charge in [0.1, 0.15) is 0 Å². The van der Waals surface area contributed by atoms with Crippen molar-refractivity contribution >= 4 is 35.0 Å². The van der Waals surface area contributed by atoms with Crippen molar-refractivity contribution in [2.24, 2.45) is 5.41 Å². The molecule has 2 aromatic rings. The molecular formula is C27H30N2O3. The third-order valence-electron chi connectivity index (χ3n) is 5.27. The van der Waals surface area contributed by atoms with Crippen molar-refractivity contribution in [3.8, 4) is 0 Å². The van der Waals surface area contributed by atoms with Crippen LogP contribution < -0.4 is 9.80 Å². The van der Waals surface area contributed by atoms with Crippen LogP contribution in [0.4, 0.5) is 11.4 Å². The third kappa shape index (κ3) is 4.57. The zero-order valence-electron chi connectivity index (χ0n) is 19.6. The van der Waals surface area contributed by atoms with Gasteiger partial charge in [0, 0.05) is 30.0 Å². The molecule has 0 saturated carbocycles. The third-order valence-corrected chi connectivity index (χ3v) is 5.27. The molecule has 5 nitrogen and oxygen atoms in total. The zero-order chi connectivity index (χ0) is 23.6. The van der Waals surface area contributed by atoms with Gasteiger partial charge >= 0.3 is 0 Å². The van der Waals surface area contributed by atoms with Crippen molar-refractivity contribution in [3.63, 3.8) is 0 Å². The minimum Gasteiger partial charge on any atom is -0.308 e. The molecule has 0 saturated heterocycles. The lowest BCUT2D eigenvalue weighted by atomic mass is 9.93. The molecule has 0 unspecified atom stereocenters. The van der Waals surface area contributed by atoms with Crippen LogP contribution in [0.2, 0.25) is 0 Å². The first-order valence-corrected chi connectivity index (χ1v) is 10.7. The first-order valence-electron chi connectivity index (χ1n) is 10.7. The summed E-state index contributed by atoms with van der Waals surface area (Å²) in [6, 6.07) is 14.6. The van der Waals surface area contributed by atoms with Crippen LogP contribution in [0.25, 0.3) is 6.08 Å². The topological polar surface area (TPSA) is 57.7 Å². The highest BCUT2D eigenvalue weighted by Crippen LogP contribution is 2.37. The van der Waals surface area contributed by atoms with Crippen LogP contribution in [-0.4, -0.2) is 24.1 Å². The quantitative estimate of drug-likeness (QED) is 0.467. The number of allylic oxidation sites excluding steroid dienone is 2. The Morgan fingerprint density at radius 3 is 2.22 bits per heavy atom. The van der Waals surface area contributed by atoms with Gasteiger partial charge in [0.2, 0.25) is 17.6 Å². The van der Waals surface area contributed by atoms with Gasteiger partial charge in [-0.1, -0.05) is 62.8 Å². The highest BCUT2D eigenvalue weighted by atomic mass is 16.2. The van der Waals surface area contributed by atoms with Crippen molar-refractivity contribution in [1.29, 1.82) is 0 Å². The lowest BCUT2D eigenvalue weighted by molar-refractivity contribution is -0.125. The van der Waals surface area contributed by atoms with E-state index in [1.54, 1.807) is 29.2 Å². The largest absolute Gasteiger partial charge is 0.308 e. The molecule has 1 aliphatic rings. The number of carbonyl (C=O) groups excluding carboxylic acids is 3. The fourth-order valence-electron chi connectivity index (χ4n) is 3.67. The minimum absolute atomic E-state index is 0.0229. The molecule has 32 heavy (non-hydrogen) atoms.